The van der Waals surface area contributed by atoms with E-state index in [1.54, 1.807) is 0 Å². The van der Waals surface area contributed by atoms with Crippen LogP contribution in [0.5, 0.6) is 0 Å². The molecule has 0 aliphatic carbocycles. The zero-order valence-corrected chi connectivity index (χ0v) is 46.1. The molecule has 0 spiro atoms. The van der Waals surface area contributed by atoms with E-state index in [-0.39, 0.29) is 25.9 Å². The van der Waals surface area contributed by atoms with Crippen molar-refractivity contribution in [1.82, 2.24) is 0 Å². The molecule has 0 saturated carbocycles. The van der Waals surface area contributed by atoms with Gasteiger partial charge in [0.2, 0.25) is 0 Å². The normalized spacial score (nSPS) is 13.6. The van der Waals surface area contributed by atoms with Crippen molar-refractivity contribution in [3.63, 3.8) is 0 Å². The van der Waals surface area contributed by atoms with E-state index in [1.807, 2.05) is 0 Å². The molecule has 0 bridgehead atoms. The Hall–Kier alpha value is -2.30. The molecule has 0 aromatic rings. The fraction of sp³-hybridized carbons (Fsp3) is 0.845. The van der Waals surface area contributed by atoms with Gasteiger partial charge in [-0.05, 0) is 70.6 Å². The van der Waals surface area contributed by atoms with Crippen molar-refractivity contribution >= 4 is 25.7 Å². The van der Waals surface area contributed by atoms with Crippen molar-refractivity contribution in [3.8, 4) is 0 Å². The van der Waals surface area contributed by atoms with Crippen LogP contribution < -0.4 is 0 Å². The standard InChI is InChI=1S/C58H107O11P/c1-4-7-10-13-16-19-22-24-25-26-27-28-29-31-34-37-40-43-46-49-58(62)69-55(51-65-56(60)47-44-41-38-35-33-30-23-20-17-14-11-8-5-2)53-67-70(63,64)66-52-54(50-59)68-57(61)48-45-42-39-36-32-21-18-15-12-9-6-3/h15-16,18-19,24-25,54-55,59H,4-14,17,20-23,26-53H2,1-3H3,(H,63,64)/b18-15-,19-16-,25-24-. The van der Waals surface area contributed by atoms with Gasteiger partial charge in [0, 0.05) is 19.3 Å². The second-order valence-corrected chi connectivity index (χ2v) is 20.9. The predicted molar refractivity (Wildman–Crippen MR) is 289 cm³/mol. The van der Waals surface area contributed by atoms with E-state index >= 15 is 0 Å². The van der Waals surface area contributed by atoms with Crippen LogP contribution in [0, 0.1) is 0 Å². The maximum Gasteiger partial charge on any atom is 0.472 e. The number of phosphoric acid groups is 1. The predicted octanol–water partition coefficient (Wildman–Crippen LogP) is 16.8. The molecule has 0 aliphatic heterocycles. The Morgan fingerprint density at radius 3 is 1.14 bits per heavy atom. The van der Waals surface area contributed by atoms with Gasteiger partial charge in [-0.25, -0.2) is 4.57 Å². The van der Waals surface area contributed by atoms with Gasteiger partial charge in [-0.15, -0.1) is 0 Å². The molecule has 0 aliphatic rings. The first-order valence-corrected chi connectivity index (χ1v) is 30.4. The topological polar surface area (TPSA) is 155 Å². The lowest BCUT2D eigenvalue weighted by Crippen LogP contribution is -2.30. The van der Waals surface area contributed by atoms with Crippen molar-refractivity contribution in [2.24, 2.45) is 0 Å². The minimum Gasteiger partial charge on any atom is -0.462 e. The van der Waals surface area contributed by atoms with E-state index < -0.39 is 57.8 Å². The highest BCUT2D eigenvalue weighted by Crippen LogP contribution is 2.43. The van der Waals surface area contributed by atoms with E-state index in [4.69, 9.17) is 23.3 Å². The number of hydrogen-bond acceptors (Lipinski definition) is 10. The van der Waals surface area contributed by atoms with Crippen molar-refractivity contribution in [2.45, 2.75) is 290 Å². The molecule has 0 aromatic heterocycles. The van der Waals surface area contributed by atoms with Gasteiger partial charge in [0.25, 0.3) is 0 Å². The highest BCUT2D eigenvalue weighted by Gasteiger charge is 2.28. The molecule has 0 fully saturated rings. The zero-order valence-electron chi connectivity index (χ0n) is 45.2. The van der Waals surface area contributed by atoms with Crippen LogP contribution in [0.15, 0.2) is 36.5 Å². The number of unbranched alkanes of at least 4 members (excludes halogenated alkanes) is 31. The lowest BCUT2D eigenvalue weighted by molar-refractivity contribution is -0.161. The fourth-order valence-electron chi connectivity index (χ4n) is 8.07. The summed E-state index contributed by atoms with van der Waals surface area (Å²) in [5.41, 5.74) is 0. The first kappa shape index (κ1) is 67.7. The van der Waals surface area contributed by atoms with Crippen LogP contribution in [0.3, 0.4) is 0 Å². The molecule has 0 aromatic carbocycles. The fourth-order valence-corrected chi connectivity index (χ4v) is 8.86. The molecule has 3 unspecified atom stereocenters. The number of aliphatic hydroxyl groups excluding tert-OH is 1. The van der Waals surface area contributed by atoms with Crippen LogP contribution in [-0.4, -0.2) is 66.5 Å². The first-order chi connectivity index (χ1) is 34.2. The molecule has 0 radical (unpaired) electrons. The van der Waals surface area contributed by atoms with Crippen LogP contribution in [0.4, 0.5) is 0 Å². The molecule has 12 heteroatoms. The Morgan fingerprint density at radius 1 is 0.400 bits per heavy atom. The van der Waals surface area contributed by atoms with Crippen LogP contribution in [0.2, 0.25) is 0 Å². The Labute approximate surface area is 429 Å². The average Bonchev–Trinajstić information content (AvgIpc) is 3.35. The third-order valence-corrected chi connectivity index (χ3v) is 13.5. The summed E-state index contributed by atoms with van der Waals surface area (Å²) in [6.07, 6.45) is 53.9. The van der Waals surface area contributed by atoms with Crippen molar-refractivity contribution in [3.05, 3.63) is 36.5 Å². The highest BCUT2D eigenvalue weighted by atomic mass is 31.2. The van der Waals surface area contributed by atoms with Crippen molar-refractivity contribution < 1.29 is 52.2 Å². The van der Waals surface area contributed by atoms with Gasteiger partial charge in [-0.3, -0.25) is 23.4 Å². The number of ether oxygens (including phenoxy) is 3. The summed E-state index contributed by atoms with van der Waals surface area (Å²) in [7, 11) is -4.74. The van der Waals surface area contributed by atoms with Crippen LogP contribution in [0.25, 0.3) is 0 Å². The van der Waals surface area contributed by atoms with Crippen LogP contribution >= 0.6 is 7.82 Å². The van der Waals surface area contributed by atoms with Gasteiger partial charge in [0.05, 0.1) is 19.8 Å². The van der Waals surface area contributed by atoms with E-state index in [9.17, 15) is 28.9 Å². The Bertz CT molecular complexity index is 1320. The molecule has 70 heavy (non-hydrogen) atoms. The molecule has 0 saturated heterocycles. The van der Waals surface area contributed by atoms with E-state index in [2.05, 4.69) is 57.2 Å². The highest BCUT2D eigenvalue weighted by molar-refractivity contribution is 7.47. The first-order valence-electron chi connectivity index (χ1n) is 28.9. The number of carbonyl (C=O) groups is 3. The second kappa shape index (κ2) is 53.0. The molecule has 0 heterocycles. The number of rotatable bonds is 54. The smallest absolute Gasteiger partial charge is 0.462 e. The lowest BCUT2D eigenvalue weighted by atomic mass is 10.0. The maximum atomic E-state index is 12.9. The third-order valence-electron chi connectivity index (χ3n) is 12.5. The molecule has 410 valence electrons. The number of carbonyl (C=O) groups excluding carboxylic acids is 3. The number of phosphoric ester groups is 1. The minimum absolute atomic E-state index is 0.166. The quantitative estimate of drug-likeness (QED) is 0.0197. The number of esters is 3. The molecular weight excluding hydrogens is 904 g/mol. The molecule has 0 rings (SSSR count). The van der Waals surface area contributed by atoms with Gasteiger partial charge in [-0.2, -0.15) is 0 Å². The number of hydrogen-bond donors (Lipinski definition) is 2. The summed E-state index contributed by atoms with van der Waals surface area (Å²) in [4.78, 5) is 48.4. The SMILES string of the molecule is CCCC/C=C\CCCCCCCC(=O)OC(CO)COP(=O)(O)OCC(COC(=O)CCCCCCCCCCCCCCC)OC(=O)CCCCCCCCCCC/C=C\C/C=C\CCCCC. The molecular formula is C58H107O11P. The average molecular weight is 1010 g/mol. The van der Waals surface area contributed by atoms with Gasteiger partial charge in [-0.1, -0.05) is 224 Å². The maximum absolute atomic E-state index is 12.9. The molecule has 11 nitrogen and oxygen atoms in total. The summed E-state index contributed by atoms with van der Waals surface area (Å²) in [5, 5.41) is 9.78. The van der Waals surface area contributed by atoms with E-state index in [1.165, 1.54) is 128 Å². The summed E-state index contributed by atoms with van der Waals surface area (Å²) in [6.45, 7) is 4.60. The number of allylic oxidation sites excluding steroid dienone is 6. The summed E-state index contributed by atoms with van der Waals surface area (Å²) < 4.78 is 39.5. The van der Waals surface area contributed by atoms with Gasteiger partial charge in [0.15, 0.2) is 6.10 Å². The summed E-state index contributed by atoms with van der Waals surface area (Å²) in [5.74, 6) is -1.46. The largest absolute Gasteiger partial charge is 0.472 e. The molecule has 3 atom stereocenters. The molecule has 0 amide bonds. The van der Waals surface area contributed by atoms with Gasteiger partial charge in [0.1, 0.15) is 12.7 Å². The third kappa shape index (κ3) is 50.6. The van der Waals surface area contributed by atoms with Crippen molar-refractivity contribution in [1.29, 1.82) is 0 Å². The van der Waals surface area contributed by atoms with Gasteiger partial charge < -0.3 is 24.2 Å². The minimum atomic E-state index is -4.74. The van der Waals surface area contributed by atoms with Crippen LogP contribution in [0.1, 0.15) is 278 Å². The number of aliphatic hydroxyl groups is 1. The lowest BCUT2D eigenvalue weighted by Gasteiger charge is -2.21. The summed E-state index contributed by atoms with van der Waals surface area (Å²) in [6, 6.07) is 0. The van der Waals surface area contributed by atoms with Crippen molar-refractivity contribution in [2.75, 3.05) is 26.4 Å². The monoisotopic (exact) mass is 1010 g/mol. The zero-order chi connectivity index (χ0) is 51.3. The Morgan fingerprint density at radius 2 is 0.714 bits per heavy atom. The van der Waals surface area contributed by atoms with Gasteiger partial charge >= 0.3 is 25.7 Å². The summed E-state index contributed by atoms with van der Waals surface area (Å²) >= 11 is 0. The Balaban J connectivity index is 4.69. The van der Waals surface area contributed by atoms with Crippen LogP contribution in [-0.2, 0) is 42.2 Å². The van der Waals surface area contributed by atoms with E-state index in [0.29, 0.717) is 19.3 Å². The Kier molecular flexibility index (Phi) is 51.3. The molecule has 2 N–H and O–H groups in total. The van der Waals surface area contributed by atoms with E-state index in [0.717, 1.165) is 89.9 Å². The second-order valence-electron chi connectivity index (χ2n) is 19.5.